The first-order valence-corrected chi connectivity index (χ1v) is 11.9. The molecule has 1 saturated heterocycles. The number of piperazine rings is 1. The highest BCUT2D eigenvalue weighted by atomic mass is 35.5. The first-order chi connectivity index (χ1) is 16.4. The van der Waals surface area contributed by atoms with Crippen molar-refractivity contribution in [3.05, 3.63) is 87.9 Å². The number of likely N-dealkylation sites (N-methyl/N-ethyl adjacent to an activating group) is 1. The van der Waals surface area contributed by atoms with Gasteiger partial charge in [-0.05, 0) is 67.6 Å². The quantitative estimate of drug-likeness (QED) is 0.563. The lowest BCUT2D eigenvalue weighted by Gasteiger charge is -2.35. The smallest absolute Gasteiger partial charge is 0.248 e. The van der Waals surface area contributed by atoms with Crippen molar-refractivity contribution in [3.8, 4) is 0 Å². The number of anilines is 3. The Balaban J connectivity index is 1.37. The van der Waals surface area contributed by atoms with Gasteiger partial charge in [0.1, 0.15) is 0 Å². The van der Waals surface area contributed by atoms with Gasteiger partial charge in [0.25, 0.3) is 0 Å². The molecule has 0 aliphatic carbocycles. The molecular formula is C27H27ClN4O2. The van der Waals surface area contributed by atoms with Gasteiger partial charge in [-0.15, -0.1) is 0 Å². The van der Waals surface area contributed by atoms with Crippen molar-refractivity contribution in [3.63, 3.8) is 0 Å². The van der Waals surface area contributed by atoms with E-state index in [2.05, 4.69) is 33.9 Å². The second-order valence-electron chi connectivity index (χ2n) is 8.94. The van der Waals surface area contributed by atoms with E-state index in [9.17, 15) is 9.59 Å². The van der Waals surface area contributed by atoms with Gasteiger partial charge >= 0.3 is 0 Å². The fraction of sp³-hybridized carbons (Fsp3) is 0.259. The average molecular weight is 475 g/mol. The summed E-state index contributed by atoms with van der Waals surface area (Å²) >= 11 is 6.68. The second-order valence-corrected chi connectivity index (χ2v) is 9.35. The van der Waals surface area contributed by atoms with Gasteiger partial charge in [0, 0.05) is 60.8 Å². The molecule has 6 nitrogen and oxygen atoms in total. The molecule has 174 valence electrons. The summed E-state index contributed by atoms with van der Waals surface area (Å²) in [5, 5.41) is 0.813. The summed E-state index contributed by atoms with van der Waals surface area (Å²) < 4.78 is 0. The van der Waals surface area contributed by atoms with E-state index in [-0.39, 0.29) is 5.78 Å². The summed E-state index contributed by atoms with van der Waals surface area (Å²) in [6.07, 6.45) is 0.935. The topological polar surface area (TPSA) is 69.9 Å². The van der Waals surface area contributed by atoms with E-state index < -0.39 is 5.91 Å². The predicted octanol–water partition coefficient (Wildman–Crippen LogP) is 4.12. The number of amides is 1. The van der Waals surface area contributed by atoms with Crippen LogP contribution in [0.5, 0.6) is 0 Å². The molecule has 34 heavy (non-hydrogen) atoms. The number of halogens is 1. The number of carbonyl (C=O) groups is 2. The maximum atomic E-state index is 12.9. The van der Waals surface area contributed by atoms with Crippen LogP contribution in [0.1, 0.15) is 31.8 Å². The van der Waals surface area contributed by atoms with Crippen molar-refractivity contribution in [2.24, 2.45) is 5.73 Å². The highest BCUT2D eigenvalue weighted by molar-refractivity contribution is 6.33. The third kappa shape index (κ3) is 4.27. The van der Waals surface area contributed by atoms with Crippen LogP contribution in [0.4, 0.5) is 17.1 Å². The molecule has 0 atom stereocenters. The van der Waals surface area contributed by atoms with Crippen LogP contribution in [0, 0.1) is 0 Å². The highest BCUT2D eigenvalue weighted by Gasteiger charge is 2.25. The molecular weight excluding hydrogens is 448 g/mol. The Hall–Kier alpha value is -3.35. The average Bonchev–Trinajstić information content (AvgIpc) is 3.26. The van der Waals surface area contributed by atoms with Crippen molar-refractivity contribution in [1.29, 1.82) is 0 Å². The molecule has 3 aromatic carbocycles. The Labute approximate surface area is 204 Å². The van der Waals surface area contributed by atoms with Crippen molar-refractivity contribution in [2.45, 2.75) is 6.42 Å². The maximum absolute atomic E-state index is 12.9. The molecule has 2 heterocycles. The van der Waals surface area contributed by atoms with Gasteiger partial charge in [-0.1, -0.05) is 23.7 Å². The van der Waals surface area contributed by atoms with Gasteiger partial charge in [0.05, 0.1) is 10.7 Å². The van der Waals surface area contributed by atoms with Crippen molar-refractivity contribution in [2.75, 3.05) is 49.6 Å². The van der Waals surface area contributed by atoms with Crippen LogP contribution >= 0.6 is 11.6 Å². The lowest BCUT2D eigenvalue weighted by atomic mass is 10.0. The van der Waals surface area contributed by atoms with Crippen LogP contribution in [0.3, 0.4) is 0 Å². The Morgan fingerprint density at radius 3 is 2.00 bits per heavy atom. The molecule has 0 aromatic heterocycles. The van der Waals surface area contributed by atoms with Crippen LogP contribution in [0.2, 0.25) is 5.02 Å². The van der Waals surface area contributed by atoms with Gasteiger partial charge in [0.15, 0.2) is 5.78 Å². The molecule has 0 bridgehead atoms. The fourth-order valence-electron chi connectivity index (χ4n) is 4.70. The zero-order valence-corrected chi connectivity index (χ0v) is 19.9. The van der Waals surface area contributed by atoms with Gasteiger partial charge in [0.2, 0.25) is 5.91 Å². The lowest BCUT2D eigenvalue weighted by molar-refractivity contribution is 0.0996. The lowest BCUT2D eigenvalue weighted by Crippen LogP contribution is -2.44. The molecule has 5 rings (SSSR count). The molecule has 1 amide bonds. The Morgan fingerprint density at radius 2 is 1.38 bits per heavy atom. The number of carbonyl (C=O) groups excluding carboxylic acids is 2. The summed E-state index contributed by atoms with van der Waals surface area (Å²) in [5.74, 6) is -0.597. The van der Waals surface area contributed by atoms with E-state index in [1.165, 1.54) is 11.3 Å². The molecule has 0 spiro atoms. The number of ketones is 1. The van der Waals surface area contributed by atoms with E-state index in [1.807, 2.05) is 24.3 Å². The number of primary amides is 1. The third-order valence-corrected chi connectivity index (χ3v) is 7.06. The normalized spacial score (nSPS) is 15.9. The van der Waals surface area contributed by atoms with Crippen LogP contribution in [0.15, 0.2) is 60.7 Å². The van der Waals surface area contributed by atoms with Crippen LogP contribution < -0.4 is 15.5 Å². The molecule has 2 aliphatic heterocycles. The fourth-order valence-corrected chi connectivity index (χ4v) is 5.01. The van der Waals surface area contributed by atoms with Gasteiger partial charge in [-0.2, -0.15) is 0 Å². The molecule has 0 saturated carbocycles. The maximum Gasteiger partial charge on any atom is 0.248 e. The number of hydrogen-bond acceptors (Lipinski definition) is 5. The molecule has 2 aliphatic rings. The minimum absolute atomic E-state index is 0.0893. The van der Waals surface area contributed by atoms with E-state index in [0.29, 0.717) is 16.7 Å². The summed E-state index contributed by atoms with van der Waals surface area (Å²) in [4.78, 5) is 31.1. The highest BCUT2D eigenvalue weighted by Crippen LogP contribution is 2.41. The first kappa shape index (κ1) is 22.4. The summed E-state index contributed by atoms with van der Waals surface area (Å²) in [6.45, 7) is 4.86. The Bertz CT molecular complexity index is 1230. The zero-order valence-electron chi connectivity index (χ0n) is 19.1. The zero-order chi connectivity index (χ0) is 23.8. The number of hydrogen-bond donors (Lipinski definition) is 1. The van der Waals surface area contributed by atoms with Crippen LogP contribution in [-0.2, 0) is 6.42 Å². The standard InChI is InChI=1S/C27H27ClN4O2/c1-30-12-14-31(15-13-30)25-17-24-21(16-23(25)28)10-11-32(24)22-8-6-19(7-9-22)26(33)18-2-4-20(5-3-18)27(29)34/h2-9,16-17H,10-15H2,1H3,(H2,29,34). The minimum atomic E-state index is -0.508. The Kier molecular flexibility index (Phi) is 6.02. The number of rotatable bonds is 5. The number of nitrogens with two attached hydrogens (primary N) is 1. The largest absolute Gasteiger partial charge is 0.368 e. The minimum Gasteiger partial charge on any atom is -0.368 e. The molecule has 7 heteroatoms. The molecule has 0 unspecified atom stereocenters. The number of benzene rings is 3. The van der Waals surface area contributed by atoms with Crippen molar-refractivity contribution < 1.29 is 9.59 Å². The molecule has 2 N–H and O–H groups in total. The van der Waals surface area contributed by atoms with Crippen molar-refractivity contribution in [1.82, 2.24) is 4.90 Å². The summed E-state index contributed by atoms with van der Waals surface area (Å²) in [6, 6.07) is 18.4. The van der Waals surface area contributed by atoms with Crippen LogP contribution in [0.25, 0.3) is 0 Å². The molecule has 1 fully saturated rings. The molecule has 0 radical (unpaired) electrons. The number of nitrogens with zero attached hydrogens (tertiary/aromatic N) is 3. The second kappa shape index (κ2) is 9.12. The van der Waals surface area contributed by atoms with Gasteiger partial charge < -0.3 is 20.4 Å². The van der Waals surface area contributed by atoms with Gasteiger partial charge in [-0.3, -0.25) is 9.59 Å². The first-order valence-electron chi connectivity index (χ1n) is 11.5. The number of fused-ring (bicyclic) bond motifs is 1. The van der Waals surface area contributed by atoms with Gasteiger partial charge in [-0.25, -0.2) is 0 Å². The van der Waals surface area contributed by atoms with E-state index in [0.717, 1.165) is 55.5 Å². The predicted molar refractivity (Wildman–Crippen MR) is 137 cm³/mol. The van der Waals surface area contributed by atoms with E-state index in [1.54, 1.807) is 24.3 Å². The summed E-state index contributed by atoms with van der Waals surface area (Å²) in [7, 11) is 2.15. The third-order valence-electron chi connectivity index (χ3n) is 6.76. The van der Waals surface area contributed by atoms with E-state index in [4.69, 9.17) is 17.3 Å². The van der Waals surface area contributed by atoms with E-state index >= 15 is 0 Å². The van der Waals surface area contributed by atoms with Crippen LogP contribution in [-0.4, -0.2) is 56.4 Å². The monoisotopic (exact) mass is 474 g/mol. The molecule has 3 aromatic rings. The van der Waals surface area contributed by atoms with Crippen molar-refractivity contribution >= 4 is 40.4 Å². The summed E-state index contributed by atoms with van der Waals surface area (Å²) in [5.41, 5.74) is 11.4. The Morgan fingerprint density at radius 1 is 0.794 bits per heavy atom. The SMILES string of the molecule is CN1CCN(c2cc3c(cc2Cl)CCN3c2ccc(C(=O)c3ccc(C(N)=O)cc3)cc2)CC1.